The van der Waals surface area contributed by atoms with Crippen molar-refractivity contribution < 1.29 is 9.59 Å². The Morgan fingerprint density at radius 3 is 2.65 bits per heavy atom. The summed E-state index contributed by atoms with van der Waals surface area (Å²) in [6, 6.07) is 6.96. The summed E-state index contributed by atoms with van der Waals surface area (Å²) in [5, 5.41) is 3.33. The van der Waals surface area contributed by atoms with Crippen LogP contribution in [-0.2, 0) is 4.79 Å². The standard InChI is InChI=1S/C15H21ClN2O2/c1-4-11(2)18(12(3)19)9-8-17-15(20)13-6-5-7-14(16)10-13/h5-7,10-11H,4,8-9H2,1-3H3,(H,17,20). The fraction of sp³-hybridized carbons (Fsp3) is 0.467. The first-order valence-corrected chi connectivity index (χ1v) is 7.14. The van der Waals surface area contributed by atoms with Gasteiger partial charge >= 0.3 is 0 Å². The molecule has 0 aromatic heterocycles. The molecule has 0 aliphatic heterocycles. The fourth-order valence-electron chi connectivity index (χ4n) is 1.93. The highest BCUT2D eigenvalue weighted by molar-refractivity contribution is 6.30. The van der Waals surface area contributed by atoms with Crippen LogP contribution in [0.15, 0.2) is 24.3 Å². The van der Waals surface area contributed by atoms with Crippen molar-refractivity contribution in [3.8, 4) is 0 Å². The largest absolute Gasteiger partial charge is 0.350 e. The summed E-state index contributed by atoms with van der Waals surface area (Å²) in [6.45, 7) is 6.52. The lowest BCUT2D eigenvalue weighted by molar-refractivity contribution is -0.130. The molecule has 2 amide bonds. The maximum Gasteiger partial charge on any atom is 0.251 e. The van der Waals surface area contributed by atoms with Gasteiger partial charge in [-0.15, -0.1) is 0 Å². The predicted molar refractivity (Wildman–Crippen MR) is 80.9 cm³/mol. The summed E-state index contributed by atoms with van der Waals surface area (Å²) in [7, 11) is 0. The van der Waals surface area contributed by atoms with E-state index in [2.05, 4.69) is 5.32 Å². The van der Waals surface area contributed by atoms with Gasteiger partial charge in [0.15, 0.2) is 0 Å². The number of carbonyl (C=O) groups is 2. The Morgan fingerprint density at radius 1 is 1.40 bits per heavy atom. The number of amides is 2. The van der Waals surface area contributed by atoms with E-state index in [4.69, 9.17) is 11.6 Å². The van der Waals surface area contributed by atoms with Gasteiger partial charge in [-0.25, -0.2) is 0 Å². The molecule has 0 radical (unpaired) electrons. The van der Waals surface area contributed by atoms with Crippen LogP contribution in [0.5, 0.6) is 0 Å². The highest BCUT2D eigenvalue weighted by Crippen LogP contribution is 2.10. The van der Waals surface area contributed by atoms with E-state index in [0.29, 0.717) is 23.7 Å². The van der Waals surface area contributed by atoms with Gasteiger partial charge in [-0.2, -0.15) is 0 Å². The number of hydrogen-bond acceptors (Lipinski definition) is 2. The van der Waals surface area contributed by atoms with Crippen LogP contribution in [-0.4, -0.2) is 35.8 Å². The van der Waals surface area contributed by atoms with E-state index in [-0.39, 0.29) is 17.9 Å². The zero-order valence-corrected chi connectivity index (χ0v) is 12.9. The normalized spacial score (nSPS) is 11.8. The Morgan fingerprint density at radius 2 is 2.10 bits per heavy atom. The molecule has 1 atom stereocenters. The minimum absolute atomic E-state index is 0.0244. The third-order valence-corrected chi connectivity index (χ3v) is 3.49. The smallest absolute Gasteiger partial charge is 0.251 e. The maximum absolute atomic E-state index is 11.9. The monoisotopic (exact) mass is 296 g/mol. The molecule has 1 unspecified atom stereocenters. The topological polar surface area (TPSA) is 49.4 Å². The average molecular weight is 297 g/mol. The first kappa shape index (κ1) is 16.5. The van der Waals surface area contributed by atoms with Crippen LogP contribution in [0, 0.1) is 0 Å². The van der Waals surface area contributed by atoms with E-state index < -0.39 is 0 Å². The second-order valence-corrected chi connectivity index (χ2v) is 5.17. The summed E-state index contributed by atoms with van der Waals surface area (Å²) in [4.78, 5) is 25.2. The number of hydrogen-bond donors (Lipinski definition) is 1. The second-order valence-electron chi connectivity index (χ2n) is 4.74. The van der Waals surface area contributed by atoms with Crippen molar-refractivity contribution in [3.05, 3.63) is 34.9 Å². The molecule has 0 aliphatic carbocycles. The molecule has 110 valence electrons. The van der Waals surface area contributed by atoms with Crippen LogP contribution in [0.2, 0.25) is 5.02 Å². The zero-order chi connectivity index (χ0) is 15.1. The van der Waals surface area contributed by atoms with Crippen LogP contribution >= 0.6 is 11.6 Å². The third-order valence-electron chi connectivity index (χ3n) is 3.25. The molecule has 1 rings (SSSR count). The van der Waals surface area contributed by atoms with Crippen molar-refractivity contribution in [2.45, 2.75) is 33.2 Å². The minimum atomic E-state index is -0.180. The quantitative estimate of drug-likeness (QED) is 0.877. The summed E-state index contributed by atoms with van der Waals surface area (Å²) in [5.41, 5.74) is 0.524. The lowest BCUT2D eigenvalue weighted by atomic mass is 10.2. The van der Waals surface area contributed by atoms with Crippen LogP contribution < -0.4 is 5.32 Å². The molecule has 0 heterocycles. The SMILES string of the molecule is CCC(C)N(CCNC(=O)c1cccc(Cl)c1)C(C)=O. The van der Waals surface area contributed by atoms with E-state index in [1.165, 1.54) is 0 Å². The minimum Gasteiger partial charge on any atom is -0.350 e. The highest BCUT2D eigenvalue weighted by Gasteiger charge is 2.15. The Balaban J connectivity index is 2.50. The van der Waals surface area contributed by atoms with Crippen LogP contribution in [0.25, 0.3) is 0 Å². The van der Waals surface area contributed by atoms with Gasteiger partial charge in [-0.3, -0.25) is 9.59 Å². The van der Waals surface area contributed by atoms with Crippen molar-refractivity contribution in [2.75, 3.05) is 13.1 Å². The van der Waals surface area contributed by atoms with Gasteiger partial charge in [0.05, 0.1) is 0 Å². The summed E-state index contributed by atoms with van der Waals surface area (Å²) >= 11 is 5.84. The summed E-state index contributed by atoms with van der Waals surface area (Å²) < 4.78 is 0. The highest BCUT2D eigenvalue weighted by atomic mass is 35.5. The Bertz CT molecular complexity index is 477. The van der Waals surface area contributed by atoms with Gasteiger partial charge in [0.25, 0.3) is 5.91 Å². The summed E-state index contributed by atoms with van der Waals surface area (Å²) in [5.74, 6) is -0.156. The molecule has 5 heteroatoms. The van der Waals surface area contributed by atoms with Gasteiger partial charge in [-0.05, 0) is 31.5 Å². The average Bonchev–Trinajstić information content (AvgIpc) is 2.42. The molecule has 1 aromatic carbocycles. The molecule has 0 saturated heterocycles. The lowest BCUT2D eigenvalue weighted by Gasteiger charge is -2.27. The molecule has 4 nitrogen and oxygen atoms in total. The van der Waals surface area contributed by atoms with Crippen LogP contribution in [0.4, 0.5) is 0 Å². The van der Waals surface area contributed by atoms with Gasteiger partial charge in [0, 0.05) is 36.6 Å². The van der Waals surface area contributed by atoms with E-state index in [1.807, 2.05) is 13.8 Å². The maximum atomic E-state index is 11.9. The Hall–Kier alpha value is -1.55. The molecule has 1 N–H and O–H groups in total. The first-order chi connectivity index (χ1) is 9.45. The number of carbonyl (C=O) groups excluding carboxylic acids is 2. The zero-order valence-electron chi connectivity index (χ0n) is 12.1. The van der Waals surface area contributed by atoms with Crippen molar-refractivity contribution in [1.82, 2.24) is 10.2 Å². The molecule has 1 aromatic rings. The van der Waals surface area contributed by atoms with Crippen molar-refractivity contribution >= 4 is 23.4 Å². The van der Waals surface area contributed by atoms with Gasteiger partial charge in [-0.1, -0.05) is 24.6 Å². The lowest BCUT2D eigenvalue weighted by Crippen LogP contribution is -2.42. The fourth-order valence-corrected chi connectivity index (χ4v) is 2.12. The van der Waals surface area contributed by atoms with E-state index in [0.717, 1.165) is 6.42 Å². The number of benzene rings is 1. The third kappa shape index (κ3) is 4.85. The van der Waals surface area contributed by atoms with Crippen LogP contribution in [0.3, 0.4) is 0 Å². The molecule has 20 heavy (non-hydrogen) atoms. The number of rotatable bonds is 6. The second kappa shape index (κ2) is 7.90. The van der Waals surface area contributed by atoms with Gasteiger partial charge < -0.3 is 10.2 Å². The first-order valence-electron chi connectivity index (χ1n) is 6.76. The Labute approximate surface area is 125 Å². The molecule has 0 spiro atoms. The summed E-state index contributed by atoms with van der Waals surface area (Å²) in [6.07, 6.45) is 0.891. The van der Waals surface area contributed by atoms with Crippen molar-refractivity contribution in [3.63, 3.8) is 0 Å². The molecular weight excluding hydrogens is 276 g/mol. The predicted octanol–water partition coefficient (Wildman–Crippen LogP) is 2.72. The number of nitrogens with one attached hydrogen (secondary N) is 1. The number of nitrogens with zero attached hydrogens (tertiary/aromatic N) is 1. The van der Waals surface area contributed by atoms with Crippen molar-refractivity contribution in [2.24, 2.45) is 0 Å². The molecule has 0 saturated carbocycles. The molecule has 0 aliphatic rings. The van der Waals surface area contributed by atoms with Gasteiger partial charge in [0.2, 0.25) is 5.91 Å². The molecular formula is C15H21ClN2O2. The number of halogens is 1. The molecule has 0 bridgehead atoms. The molecule has 0 fully saturated rings. The Kier molecular flexibility index (Phi) is 6.52. The van der Waals surface area contributed by atoms with Crippen LogP contribution in [0.1, 0.15) is 37.6 Å². The van der Waals surface area contributed by atoms with Gasteiger partial charge in [0.1, 0.15) is 0 Å². The van der Waals surface area contributed by atoms with Crippen molar-refractivity contribution in [1.29, 1.82) is 0 Å². The van der Waals surface area contributed by atoms with E-state index in [9.17, 15) is 9.59 Å². The van der Waals surface area contributed by atoms with E-state index >= 15 is 0 Å². The van der Waals surface area contributed by atoms with E-state index in [1.54, 1.807) is 36.1 Å².